The largest absolute Gasteiger partial charge is 0.488 e. The Hall–Kier alpha value is -2.24. The van der Waals surface area contributed by atoms with Crippen LogP contribution in [0.3, 0.4) is 0 Å². The van der Waals surface area contributed by atoms with Gasteiger partial charge in [0.05, 0.1) is 39.6 Å². The van der Waals surface area contributed by atoms with E-state index in [4.69, 9.17) is 9.47 Å². The van der Waals surface area contributed by atoms with E-state index < -0.39 is 98.2 Å². The topological polar surface area (TPSA) is 55.4 Å². The van der Waals surface area contributed by atoms with Gasteiger partial charge in [0.15, 0.2) is 0 Å². The lowest BCUT2D eigenvalue weighted by Crippen LogP contribution is -2.49. The van der Waals surface area contributed by atoms with Gasteiger partial charge in [0, 0.05) is 0 Å². The maximum atomic E-state index is 14.0. The van der Waals surface area contributed by atoms with Crippen LogP contribution >= 0.6 is 0 Å². The Labute approximate surface area is 232 Å². The molecule has 0 aromatic rings. The summed E-state index contributed by atoms with van der Waals surface area (Å²) >= 11 is 0. The Bertz CT molecular complexity index is 892. The molecule has 18 heteroatoms. The van der Waals surface area contributed by atoms with E-state index in [9.17, 15) is 52.7 Å². The number of rotatable bonds is 19. The SMILES string of the molecule is CCCCOC1=C(OCCOCCOCCOC2=C(OCCCC)C(F)(F)C(F)(F)C2(F)F)C(F)(F)C(F)(F)C1(F)F. The number of alkyl halides is 12. The first-order valence-electron chi connectivity index (χ1n) is 12.8. The maximum Gasteiger partial charge on any atom is 0.387 e. The van der Waals surface area contributed by atoms with E-state index in [1.54, 1.807) is 13.8 Å². The zero-order valence-corrected chi connectivity index (χ0v) is 22.5. The van der Waals surface area contributed by atoms with Gasteiger partial charge in [0.1, 0.15) is 13.2 Å². The fourth-order valence-electron chi connectivity index (χ4n) is 3.52. The Kier molecular flexibility index (Phi) is 11.6. The third-order valence-electron chi connectivity index (χ3n) is 5.94. The number of unbranched alkanes of at least 4 members (excludes halogenated alkanes) is 2. The van der Waals surface area contributed by atoms with Gasteiger partial charge in [-0.2, -0.15) is 52.7 Å². The molecule has 0 fully saturated rings. The van der Waals surface area contributed by atoms with Crippen LogP contribution in [-0.4, -0.2) is 88.4 Å². The van der Waals surface area contributed by atoms with Crippen molar-refractivity contribution in [2.24, 2.45) is 0 Å². The highest BCUT2D eigenvalue weighted by Crippen LogP contribution is 2.60. The zero-order chi connectivity index (χ0) is 32.0. The van der Waals surface area contributed by atoms with Crippen LogP contribution in [0.1, 0.15) is 39.5 Å². The molecule has 246 valence electrons. The van der Waals surface area contributed by atoms with Crippen LogP contribution in [0.4, 0.5) is 52.7 Å². The molecule has 0 atom stereocenters. The molecule has 2 aliphatic carbocycles. The van der Waals surface area contributed by atoms with Gasteiger partial charge in [-0.3, -0.25) is 0 Å². The molecule has 42 heavy (non-hydrogen) atoms. The average Bonchev–Trinajstić information content (AvgIpc) is 3.05. The summed E-state index contributed by atoms with van der Waals surface area (Å²) in [6.45, 7) is -1.48. The molecular formula is C24H30F12O6. The lowest BCUT2D eigenvalue weighted by Gasteiger charge is -2.24. The van der Waals surface area contributed by atoms with Gasteiger partial charge in [-0.1, -0.05) is 26.7 Å². The van der Waals surface area contributed by atoms with E-state index in [1.165, 1.54) is 0 Å². The molecular weight excluding hydrogens is 612 g/mol. The second kappa shape index (κ2) is 13.6. The Morgan fingerprint density at radius 1 is 0.381 bits per heavy atom. The van der Waals surface area contributed by atoms with Gasteiger partial charge in [-0.15, -0.1) is 0 Å². The summed E-state index contributed by atoms with van der Waals surface area (Å²) < 4.78 is 195. The Morgan fingerprint density at radius 3 is 0.881 bits per heavy atom. The molecule has 0 aromatic heterocycles. The van der Waals surface area contributed by atoms with Gasteiger partial charge in [0.25, 0.3) is 0 Å². The first kappa shape index (κ1) is 36.0. The summed E-state index contributed by atoms with van der Waals surface area (Å²) in [6, 6.07) is 0. The minimum atomic E-state index is -5.81. The molecule has 0 unspecified atom stereocenters. The van der Waals surface area contributed by atoms with Crippen molar-refractivity contribution < 1.29 is 81.1 Å². The molecule has 0 spiro atoms. The van der Waals surface area contributed by atoms with Crippen LogP contribution in [0.15, 0.2) is 23.0 Å². The third-order valence-corrected chi connectivity index (χ3v) is 5.94. The van der Waals surface area contributed by atoms with Crippen LogP contribution in [0.2, 0.25) is 0 Å². The van der Waals surface area contributed by atoms with Crippen molar-refractivity contribution in [3.63, 3.8) is 0 Å². The first-order valence-corrected chi connectivity index (χ1v) is 12.8. The second-order valence-corrected chi connectivity index (χ2v) is 9.09. The summed E-state index contributed by atoms with van der Waals surface area (Å²) in [5.74, 6) is -41.0. The molecule has 0 radical (unpaired) electrons. The van der Waals surface area contributed by atoms with Crippen molar-refractivity contribution in [2.45, 2.75) is 75.1 Å². The second-order valence-electron chi connectivity index (χ2n) is 9.09. The molecule has 6 nitrogen and oxygen atoms in total. The van der Waals surface area contributed by atoms with E-state index in [-0.39, 0.29) is 26.1 Å². The van der Waals surface area contributed by atoms with E-state index in [0.29, 0.717) is 12.8 Å². The van der Waals surface area contributed by atoms with Crippen molar-refractivity contribution in [1.29, 1.82) is 0 Å². The highest BCUT2D eigenvalue weighted by atomic mass is 19.4. The van der Waals surface area contributed by atoms with Gasteiger partial charge in [-0.05, 0) is 12.8 Å². The summed E-state index contributed by atoms with van der Waals surface area (Å²) in [5, 5.41) is 0. The number of hydrogen-bond donors (Lipinski definition) is 0. The molecule has 0 saturated carbocycles. The molecule has 0 aromatic carbocycles. The predicted molar refractivity (Wildman–Crippen MR) is 119 cm³/mol. The fraction of sp³-hybridized carbons (Fsp3) is 0.833. The third kappa shape index (κ3) is 6.48. The molecule has 0 N–H and O–H groups in total. The summed E-state index contributed by atoms with van der Waals surface area (Å²) in [6.07, 6.45) is 1.03. The molecule has 0 aliphatic heterocycles. The minimum absolute atomic E-state index is 0.116. The number of ether oxygens (including phenoxy) is 6. The lowest BCUT2D eigenvalue weighted by atomic mass is 10.1. The summed E-state index contributed by atoms with van der Waals surface area (Å²) in [5.41, 5.74) is 0. The number of halogens is 12. The predicted octanol–water partition coefficient (Wildman–Crippen LogP) is 6.95. The fourth-order valence-corrected chi connectivity index (χ4v) is 3.52. The van der Waals surface area contributed by atoms with Crippen LogP contribution in [-0.2, 0) is 28.4 Å². The van der Waals surface area contributed by atoms with Crippen molar-refractivity contribution in [3.8, 4) is 0 Å². The van der Waals surface area contributed by atoms with Crippen molar-refractivity contribution in [1.82, 2.24) is 0 Å². The van der Waals surface area contributed by atoms with Gasteiger partial charge < -0.3 is 28.4 Å². The van der Waals surface area contributed by atoms with Crippen LogP contribution < -0.4 is 0 Å². The molecule has 2 rings (SSSR count). The molecule has 0 saturated heterocycles. The Balaban J connectivity index is 1.82. The zero-order valence-electron chi connectivity index (χ0n) is 22.5. The molecule has 0 bridgehead atoms. The first-order chi connectivity index (χ1) is 19.4. The van der Waals surface area contributed by atoms with E-state index in [2.05, 4.69) is 18.9 Å². The van der Waals surface area contributed by atoms with E-state index >= 15 is 0 Å². The standard InChI is InChI=1S/C24H30F12O6/c1-3-5-7-39-15-17(21(29,30)23(33,34)19(15,25)26)41-13-11-37-9-10-38-12-14-42-18-16(40-8-6-4-2)20(27,28)24(35,36)22(18,31)32/h3-14H2,1-2H3. The molecule has 0 heterocycles. The summed E-state index contributed by atoms with van der Waals surface area (Å²) in [4.78, 5) is 0. The van der Waals surface area contributed by atoms with Crippen molar-refractivity contribution in [3.05, 3.63) is 23.0 Å². The van der Waals surface area contributed by atoms with Gasteiger partial charge >= 0.3 is 35.5 Å². The highest BCUT2D eigenvalue weighted by Gasteiger charge is 2.84. The monoisotopic (exact) mass is 642 g/mol. The normalized spacial score (nSPS) is 22.9. The van der Waals surface area contributed by atoms with Crippen molar-refractivity contribution >= 4 is 0 Å². The van der Waals surface area contributed by atoms with E-state index in [1.807, 2.05) is 0 Å². The Morgan fingerprint density at radius 2 is 0.619 bits per heavy atom. The highest BCUT2D eigenvalue weighted by molar-refractivity contribution is 5.35. The van der Waals surface area contributed by atoms with Gasteiger partial charge in [0.2, 0.25) is 23.0 Å². The number of allylic oxidation sites excluding steroid dienone is 4. The smallest absolute Gasteiger partial charge is 0.387 e. The van der Waals surface area contributed by atoms with Crippen LogP contribution in [0, 0.1) is 0 Å². The van der Waals surface area contributed by atoms with Gasteiger partial charge in [-0.25, -0.2) is 0 Å². The summed E-state index contributed by atoms with van der Waals surface area (Å²) in [7, 11) is 0. The van der Waals surface area contributed by atoms with Crippen LogP contribution in [0.25, 0.3) is 0 Å². The minimum Gasteiger partial charge on any atom is -0.488 e. The quantitative estimate of drug-likeness (QED) is 0.112. The van der Waals surface area contributed by atoms with Crippen LogP contribution in [0.5, 0.6) is 0 Å². The average molecular weight is 642 g/mol. The number of hydrogen-bond acceptors (Lipinski definition) is 6. The molecule has 0 amide bonds. The molecule has 2 aliphatic rings. The lowest BCUT2D eigenvalue weighted by molar-refractivity contribution is -0.277. The van der Waals surface area contributed by atoms with E-state index in [0.717, 1.165) is 0 Å². The van der Waals surface area contributed by atoms with Crippen molar-refractivity contribution in [2.75, 3.05) is 52.9 Å². The maximum absolute atomic E-state index is 14.0.